The third-order valence-electron chi connectivity index (χ3n) is 2.43. The van der Waals surface area contributed by atoms with Gasteiger partial charge in [0.2, 0.25) is 0 Å². The average Bonchev–Trinajstić information content (AvgIpc) is 2.81. The van der Waals surface area contributed by atoms with Crippen molar-refractivity contribution in [3.05, 3.63) is 46.2 Å². The Morgan fingerprint density at radius 3 is 2.75 bits per heavy atom. The maximum atomic E-state index is 11.6. The summed E-state index contributed by atoms with van der Waals surface area (Å²) in [6.07, 6.45) is 0. The van der Waals surface area contributed by atoms with E-state index >= 15 is 0 Å². The normalized spacial score (nSPS) is 10.4. The van der Waals surface area contributed by atoms with Crippen LogP contribution in [0.3, 0.4) is 0 Å². The van der Waals surface area contributed by atoms with E-state index in [1.807, 2.05) is 30.3 Å². The first kappa shape index (κ1) is 15.5. The summed E-state index contributed by atoms with van der Waals surface area (Å²) in [5.74, 6) is 0.767. The molecule has 0 saturated carbocycles. The summed E-state index contributed by atoms with van der Waals surface area (Å²) in [7, 11) is 0. The van der Waals surface area contributed by atoms with Crippen molar-refractivity contribution >= 4 is 33.4 Å². The van der Waals surface area contributed by atoms with E-state index in [-0.39, 0.29) is 35.2 Å². The number of aromatic amines is 1. The minimum absolute atomic E-state index is 0. The van der Waals surface area contributed by atoms with Gasteiger partial charge >= 0.3 is 29.6 Å². The van der Waals surface area contributed by atoms with Crippen LogP contribution in [-0.2, 0) is 5.75 Å². The van der Waals surface area contributed by atoms with Crippen LogP contribution in [0, 0.1) is 0 Å². The molecule has 5 nitrogen and oxygen atoms in total. The first-order chi connectivity index (χ1) is 9.22. The molecule has 0 fully saturated rings. The van der Waals surface area contributed by atoms with Crippen LogP contribution in [0.25, 0.3) is 10.3 Å². The molecule has 96 valence electrons. The van der Waals surface area contributed by atoms with Gasteiger partial charge in [0.05, 0.1) is 6.01 Å². The van der Waals surface area contributed by atoms with E-state index in [4.69, 9.17) is 0 Å². The number of aromatic nitrogens is 3. The standard InChI is InChI=1S/C12H9N3O2S2.Na/c16-10-8-9(13-11(17)15-10)14-12(19-8)18-6-7-4-2-1-3-5-7;/h1-5H,6H2,(H2,13,15,16,17);/q;+1/p-1. The fourth-order valence-corrected chi connectivity index (χ4v) is 3.50. The molecule has 2 aromatic heterocycles. The van der Waals surface area contributed by atoms with E-state index in [1.54, 1.807) is 0 Å². The second-order valence-corrected chi connectivity index (χ2v) is 6.00. The molecule has 0 aliphatic heterocycles. The molecule has 0 spiro atoms. The van der Waals surface area contributed by atoms with Crippen LogP contribution in [-0.4, -0.2) is 15.0 Å². The van der Waals surface area contributed by atoms with Gasteiger partial charge in [-0.15, -0.1) is 11.3 Å². The van der Waals surface area contributed by atoms with E-state index in [1.165, 1.54) is 28.7 Å². The number of nitrogens with one attached hydrogen (secondary N) is 1. The van der Waals surface area contributed by atoms with Crippen LogP contribution in [0.4, 0.5) is 0 Å². The van der Waals surface area contributed by atoms with Crippen LogP contribution in [0.15, 0.2) is 39.5 Å². The maximum Gasteiger partial charge on any atom is 1.00 e. The molecule has 1 aromatic carbocycles. The van der Waals surface area contributed by atoms with Crippen molar-refractivity contribution in [2.24, 2.45) is 0 Å². The van der Waals surface area contributed by atoms with Crippen molar-refractivity contribution in [1.82, 2.24) is 15.0 Å². The summed E-state index contributed by atoms with van der Waals surface area (Å²) in [6, 6.07) is 9.32. The molecule has 20 heavy (non-hydrogen) atoms. The molecule has 0 saturated heterocycles. The first-order valence-electron chi connectivity index (χ1n) is 5.47. The van der Waals surface area contributed by atoms with Crippen molar-refractivity contribution in [1.29, 1.82) is 0 Å². The number of fused-ring (bicyclic) bond motifs is 1. The second-order valence-electron chi connectivity index (χ2n) is 3.78. The van der Waals surface area contributed by atoms with Gasteiger partial charge in [-0.05, 0) is 5.56 Å². The quantitative estimate of drug-likeness (QED) is 0.483. The SMILES string of the molecule is O=c1[nH]c([O-])nc2nc(SCc3ccccc3)sc12.[Na+]. The predicted molar refractivity (Wildman–Crippen MR) is 73.5 cm³/mol. The molecule has 0 aliphatic rings. The number of hydrogen-bond donors (Lipinski definition) is 1. The van der Waals surface area contributed by atoms with Crippen LogP contribution in [0.1, 0.15) is 5.56 Å². The van der Waals surface area contributed by atoms with E-state index in [9.17, 15) is 9.90 Å². The maximum absolute atomic E-state index is 11.6. The van der Waals surface area contributed by atoms with Gasteiger partial charge in [-0.1, -0.05) is 42.1 Å². The van der Waals surface area contributed by atoms with Crippen LogP contribution in [0.2, 0.25) is 0 Å². The third-order valence-corrected chi connectivity index (χ3v) is 4.69. The second kappa shape index (κ2) is 6.73. The molecule has 2 heterocycles. The molecule has 0 atom stereocenters. The fraction of sp³-hybridized carbons (Fsp3) is 0.0833. The zero-order chi connectivity index (χ0) is 13.2. The summed E-state index contributed by atoms with van der Waals surface area (Å²) in [5.41, 5.74) is 0.992. The van der Waals surface area contributed by atoms with Crippen molar-refractivity contribution < 1.29 is 34.7 Å². The summed E-state index contributed by atoms with van der Waals surface area (Å²) in [5, 5.41) is 11.1. The Hall–Kier alpha value is -0.860. The summed E-state index contributed by atoms with van der Waals surface area (Å²) in [6.45, 7) is 0. The molecule has 1 N–H and O–H groups in total. The number of H-pyrrole nitrogens is 1. The summed E-state index contributed by atoms with van der Waals surface area (Å²) < 4.78 is 1.14. The van der Waals surface area contributed by atoms with Gasteiger partial charge in [0.15, 0.2) is 9.99 Å². The molecule has 3 rings (SSSR count). The average molecular weight is 313 g/mol. The number of hydrogen-bond acceptors (Lipinski definition) is 6. The van der Waals surface area contributed by atoms with Crippen molar-refractivity contribution in [2.45, 2.75) is 10.1 Å². The van der Waals surface area contributed by atoms with Gasteiger partial charge < -0.3 is 10.1 Å². The Morgan fingerprint density at radius 2 is 2.00 bits per heavy atom. The van der Waals surface area contributed by atoms with Gasteiger partial charge in [-0.25, -0.2) is 9.97 Å². The third kappa shape index (κ3) is 3.42. The summed E-state index contributed by atoms with van der Waals surface area (Å²) >= 11 is 2.78. The summed E-state index contributed by atoms with van der Waals surface area (Å²) in [4.78, 5) is 21.6. The Morgan fingerprint density at radius 1 is 1.25 bits per heavy atom. The Balaban J connectivity index is 0.00000147. The van der Waals surface area contributed by atoms with E-state index in [2.05, 4.69) is 15.0 Å². The largest absolute Gasteiger partial charge is 1.00 e. The number of benzene rings is 1. The van der Waals surface area contributed by atoms with Crippen LogP contribution >= 0.6 is 23.1 Å². The number of thiazole rings is 1. The Bertz CT molecular complexity index is 773. The van der Waals surface area contributed by atoms with E-state index in [0.29, 0.717) is 4.70 Å². The molecule has 0 aliphatic carbocycles. The van der Waals surface area contributed by atoms with Gasteiger partial charge in [0.25, 0.3) is 5.56 Å². The molecular formula is C12H8N3NaO2S2. The molecule has 0 radical (unpaired) electrons. The van der Waals surface area contributed by atoms with Gasteiger partial charge in [0.1, 0.15) is 4.70 Å². The topological polar surface area (TPSA) is 81.7 Å². The zero-order valence-corrected chi connectivity index (χ0v) is 14.3. The minimum atomic E-state index is -0.651. The van der Waals surface area contributed by atoms with E-state index < -0.39 is 11.6 Å². The van der Waals surface area contributed by atoms with E-state index in [0.717, 1.165) is 10.1 Å². The van der Waals surface area contributed by atoms with Gasteiger partial charge in [-0.2, -0.15) is 0 Å². The molecule has 0 unspecified atom stereocenters. The zero-order valence-electron chi connectivity index (χ0n) is 10.6. The van der Waals surface area contributed by atoms with Crippen molar-refractivity contribution in [2.75, 3.05) is 0 Å². The molecule has 8 heteroatoms. The number of thioether (sulfide) groups is 1. The number of nitrogens with zero attached hydrogens (tertiary/aromatic N) is 2. The Labute approximate surface area is 144 Å². The van der Waals surface area contributed by atoms with Crippen molar-refractivity contribution in [3.63, 3.8) is 0 Å². The van der Waals surface area contributed by atoms with Gasteiger partial charge in [0, 0.05) is 5.75 Å². The predicted octanol–water partition coefficient (Wildman–Crippen LogP) is -1.25. The number of rotatable bonds is 3. The molecule has 0 amide bonds. The first-order valence-corrected chi connectivity index (χ1v) is 7.27. The van der Waals surface area contributed by atoms with Crippen molar-refractivity contribution in [3.8, 4) is 6.01 Å². The molecule has 0 bridgehead atoms. The monoisotopic (exact) mass is 313 g/mol. The Kier molecular flexibility index (Phi) is 5.22. The molecule has 3 aromatic rings. The van der Waals surface area contributed by atoms with Gasteiger partial charge in [-0.3, -0.25) is 4.79 Å². The van der Waals surface area contributed by atoms with Crippen LogP contribution < -0.4 is 40.2 Å². The molecular weight excluding hydrogens is 305 g/mol. The minimum Gasteiger partial charge on any atom is -0.846 e. The smallest absolute Gasteiger partial charge is 0.846 e. The fourth-order valence-electron chi connectivity index (χ4n) is 1.58. The van der Waals surface area contributed by atoms with Crippen LogP contribution in [0.5, 0.6) is 6.01 Å².